The van der Waals surface area contributed by atoms with Crippen LogP contribution < -0.4 is 5.56 Å². The lowest BCUT2D eigenvalue weighted by atomic mass is 10.3. The maximum absolute atomic E-state index is 11.8. The minimum atomic E-state index is -0.0886. The van der Waals surface area contributed by atoms with E-state index in [0.717, 1.165) is 5.69 Å². The maximum atomic E-state index is 11.8. The predicted molar refractivity (Wildman–Crippen MR) is 53.3 cm³/mol. The van der Waals surface area contributed by atoms with Crippen LogP contribution in [0.1, 0.15) is 25.6 Å². The summed E-state index contributed by atoms with van der Waals surface area (Å²) in [5.74, 6) is 0. The number of hydrogen-bond acceptors (Lipinski definition) is 3. The van der Waals surface area contributed by atoms with Crippen LogP contribution in [0.2, 0.25) is 0 Å². The molecule has 0 atom stereocenters. The summed E-state index contributed by atoms with van der Waals surface area (Å²) in [6.45, 7) is 5.73. The van der Waals surface area contributed by atoms with Crippen molar-refractivity contribution in [2.24, 2.45) is 0 Å². The van der Waals surface area contributed by atoms with Crippen molar-refractivity contribution < 1.29 is 0 Å². The van der Waals surface area contributed by atoms with Gasteiger partial charge in [-0.2, -0.15) is 5.10 Å². The van der Waals surface area contributed by atoms with Crippen molar-refractivity contribution >= 4 is 11.0 Å². The van der Waals surface area contributed by atoms with Gasteiger partial charge in [0.2, 0.25) is 0 Å². The number of aryl methyl sites for hydroxylation is 1. The van der Waals surface area contributed by atoms with Crippen LogP contribution in [0.3, 0.4) is 0 Å². The molecule has 5 nitrogen and oxygen atoms in total. The SMILES string of the molecule is Cc1[nH]nc2c(=O)n(C(C)C)cnc12. The van der Waals surface area contributed by atoms with Gasteiger partial charge in [-0.15, -0.1) is 0 Å². The van der Waals surface area contributed by atoms with Crippen molar-refractivity contribution in [3.63, 3.8) is 0 Å². The highest BCUT2D eigenvalue weighted by molar-refractivity contribution is 5.75. The number of hydrogen-bond donors (Lipinski definition) is 1. The first kappa shape index (κ1) is 8.93. The van der Waals surface area contributed by atoms with Crippen LogP contribution in [0, 0.1) is 6.92 Å². The first-order valence-electron chi connectivity index (χ1n) is 4.53. The van der Waals surface area contributed by atoms with Crippen molar-refractivity contribution in [2.75, 3.05) is 0 Å². The summed E-state index contributed by atoms with van der Waals surface area (Å²) in [6.07, 6.45) is 1.57. The van der Waals surface area contributed by atoms with E-state index in [1.54, 1.807) is 10.9 Å². The molecule has 2 aromatic rings. The van der Waals surface area contributed by atoms with E-state index in [1.165, 1.54) is 0 Å². The number of aromatic nitrogens is 4. The molecule has 74 valence electrons. The van der Waals surface area contributed by atoms with E-state index >= 15 is 0 Å². The molecule has 0 saturated heterocycles. The highest BCUT2D eigenvalue weighted by Gasteiger charge is 2.10. The lowest BCUT2D eigenvalue weighted by Gasteiger charge is -2.07. The molecule has 5 heteroatoms. The highest BCUT2D eigenvalue weighted by Crippen LogP contribution is 2.08. The Kier molecular flexibility index (Phi) is 1.87. The van der Waals surface area contributed by atoms with Gasteiger partial charge in [0.05, 0.1) is 12.0 Å². The van der Waals surface area contributed by atoms with E-state index in [9.17, 15) is 4.79 Å². The molecular formula is C9H12N4O. The summed E-state index contributed by atoms with van der Waals surface area (Å²) in [5.41, 5.74) is 1.81. The molecule has 14 heavy (non-hydrogen) atoms. The Hall–Kier alpha value is -1.65. The largest absolute Gasteiger partial charge is 0.295 e. The Morgan fingerprint density at radius 1 is 1.43 bits per heavy atom. The minimum absolute atomic E-state index is 0.0886. The third kappa shape index (κ3) is 1.13. The molecular weight excluding hydrogens is 180 g/mol. The third-order valence-electron chi connectivity index (χ3n) is 2.22. The summed E-state index contributed by atoms with van der Waals surface area (Å²) < 4.78 is 1.57. The number of rotatable bonds is 1. The number of nitrogens with zero attached hydrogens (tertiary/aromatic N) is 3. The fourth-order valence-corrected chi connectivity index (χ4v) is 1.39. The van der Waals surface area contributed by atoms with Gasteiger partial charge in [-0.1, -0.05) is 0 Å². The normalized spacial score (nSPS) is 11.4. The average Bonchev–Trinajstić information content (AvgIpc) is 2.49. The standard InChI is InChI=1S/C9H12N4O/c1-5(2)13-4-10-7-6(3)11-12-8(7)9(13)14/h4-5H,1-3H3,(H,11,12). The zero-order valence-electron chi connectivity index (χ0n) is 8.40. The molecule has 2 heterocycles. The van der Waals surface area contributed by atoms with E-state index in [2.05, 4.69) is 15.2 Å². The van der Waals surface area contributed by atoms with Crippen molar-refractivity contribution in [2.45, 2.75) is 26.8 Å². The molecule has 0 spiro atoms. The van der Waals surface area contributed by atoms with E-state index in [4.69, 9.17) is 0 Å². The molecule has 0 amide bonds. The summed E-state index contributed by atoms with van der Waals surface area (Å²) >= 11 is 0. The Morgan fingerprint density at radius 3 is 2.79 bits per heavy atom. The zero-order chi connectivity index (χ0) is 10.3. The predicted octanol–water partition coefficient (Wildman–Crippen LogP) is 1.01. The number of nitrogens with one attached hydrogen (secondary N) is 1. The van der Waals surface area contributed by atoms with Gasteiger partial charge in [0.25, 0.3) is 5.56 Å². The molecule has 0 aliphatic carbocycles. The maximum Gasteiger partial charge on any atom is 0.281 e. The first-order valence-corrected chi connectivity index (χ1v) is 4.53. The molecule has 0 bridgehead atoms. The Bertz CT molecular complexity index is 523. The zero-order valence-corrected chi connectivity index (χ0v) is 8.40. The second-order valence-electron chi connectivity index (χ2n) is 3.60. The van der Waals surface area contributed by atoms with Crippen molar-refractivity contribution in [1.29, 1.82) is 0 Å². The van der Waals surface area contributed by atoms with Gasteiger partial charge >= 0.3 is 0 Å². The molecule has 0 unspecified atom stereocenters. The summed E-state index contributed by atoms with van der Waals surface area (Å²) in [6, 6.07) is 0.108. The number of aromatic amines is 1. The van der Waals surface area contributed by atoms with Crippen LogP contribution in [0.5, 0.6) is 0 Å². The molecule has 1 N–H and O–H groups in total. The van der Waals surface area contributed by atoms with Gasteiger partial charge in [-0.3, -0.25) is 14.5 Å². The topological polar surface area (TPSA) is 63.6 Å². The molecule has 0 aliphatic rings. The average molecular weight is 192 g/mol. The smallest absolute Gasteiger partial charge is 0.281 e. The second-order valence-corrected chi connectivity index (χ2v) is 3.60. The third-order valence-corrected chi connectivity index (χ3v) is 2.22. The first-order chi connectivity index (χ1) is 6.61. The van der Waals surface area contributed by atoms with Crippen LogP contribution >= 0.6 is 0 Å². The Morgan fingerprint density at radius 2 is 2.14 bits per heavy atom. The summed E-state index contributed by atoms with van der Waals surface area (Å²) in [5, 5.41) is 6.70. The van der Waals surface area contributed by atoms with Gasteiger partial charge in [0, 0.05) is 6.04 Å². The van der Waals surface area contributed by atoms with E-state index in [0.29, 0.717) is 11.0 Å². The van der Waals surface area contributed by atoms with E-state index in [-0.39, 0.29) is 11.6 Å². The van der Waals surface area contributed by atoms with Gasteiger partial charge in [-0.05, 0) is 20.8 Å². The molecule has 0 aromatic carbocycles. The van der Waals surface area contributed by atoms with Gasteiger partial charge in [-0.25, -0.2) is 4.98 Å². The molecule has 0 aliphatic heterocycles. The summed E-state index contributed by atoms with van der Waals surface area (Å²) in [4.78, 5) is 16.0. The van der Waals surface area contributed by atoms with E-state index in [1.807, 2.05) is 20.8 Å². The lowest BCUT2D eigenvalue weighted by Crippen LogP contribution is -2.22. The van der Waals surface area contributed by atoms with Crippen LogP contribution in [-0.4, -0.2) is 19.7 Å². The fraction of sp³-hybridized carbons (Fsp3) is 0.444. The van der Waals surface area contributed by atoms with Gasteiger partial charge in [0.15, 0.2) is 5.52 Å². The molecule has 0 saturated carbocycles. The van der Waals surface area contributed by atoms with E-state index < -0.39 is 0 Å². The molecule has 0 radical (unpaired) electrons. The van der Waals surface area contributed by atoms with Gasteiger partial charge in [0.1, 0.15) is 5.52 Å². The second kappa shape index (κ2) is 2.94. The van der Waals surface area contributed by atoms with Crippen molar-refractivity contribution in [3.8, 4) is 0 Å². The molecule has 2 aromatic heterocycles. The number of fused-ring (bicyclic) bond motifs is 1. The monoisotopic (exact) mass is 192 g/mol. The highest BCUT2D eigenvalue weighted by atomic mass is 16.1. The van der Waals surface area contributed by atoms with Crippen LogP contribution in [0.4, 0.5) is 0 Å². The lowest BCUT2D eigenvalue weighted by molar-refractivity contribution is 0.572. The van der Waals surface area contributed by atoms with Crippen molar-refractivity contribution in [1.82, 2.24) is 19.7 Å². The molecule has 0 fully saturated rings. The Balaban J connectivity index is 2.83. The van der Waals surface area contributed by atoms with Gasteiger partial charge < -0.3 is 0 Å². The minimum Gasteiger partial charge on any atom is -0.295 e. The van der Waals surface area contributed by atoms with Crippen LogP contribution in [0.25, 0.3) is 11.0 Å². The molecule has 2 rings (SSSR count). The quantitative estimate of drug-likeness (QED) is 0.733. The Labute approximate surface area is 80.8 Å². The number of H-pyrrole nitrogens is 1. The fourth-order valence-electron chi connectivity index (χ4n) is 1.39. The van der Waals surface area contributed by atoms with Crippen LogP contribution in [0.15, 0.2) is 11.1 Å². The summed E-state index contributed by atoms with van der Waals surface area (Å²) in [7, 11) is 0. The van der Waals surface area contributed by atoms with Crippen LogP contribution in [-0.2, 0) is 0 Å². The van der Waals surface area contributed by atoms with Crippen molar-refractivity contribution in [3.05, 3.63) is 22.4 Å².